The molecule has 0 aliphatic rings. The molecule has 0 aliphatic carbocycles. The summed E-state index contributed by atoms with van der Waals surface area (Å²) in [6.07, 6.45) is 1.62. The van der Waals surface area contributed by atoms with Gasteiger partial charge in [-0.1, -0.05) is 0 Å². The standard InChI is InChI=1S/C8H6ClNO2S/c9-7-2-1-6(12-7)8-10-3-5(4-11)13-8/h1-3,11H,4H2. The number of aromatic nitrogens is 1. The van der Waals surface area contributed by atoms with Crippen LogP contribution in [0.15, 0.2) is 22.7 Å². The summed E-state index contributed by atoms with van der Waals surface area (Å²) in [5.74, 6) is 0.634. The van der Waals surface area contributed by atoms with Crippen LogP contribution in [0.2, 0.25) is 5.22 Å². The molecule has 0 spiro atoms. The normalized spacial score (nSPS) is 10.6. The SMILES string of the molecule is OCc1cnc(-c2ccc(Cl)o2)s1. The minimum atomic E-state index is 0.00606. The minimum absolute atomic E-state index is 0.00606. The highest BCUT2D eigenvalue weighted by Gasteiger charge is 2.07. The van der Waals surface area contributed by atoms with Gasteiger partial charge in [0, 0.05) is 6.20 Å². The lowest BCUT2D eigenvalue weighted by molar-refractivity contribution is 0.285. The summed E-state index contributed by atoms with van der Waals surface area (Å²) in [5, 5.41) is 9.89. The number of halogens is 1. The number of aliphatic hydroxyl groups is 1. The van der Waals surface area contributed by atoms with Crippen LogP contribution in [0.25, 0.3) is 10.8 Å². The highest BCUT2D eigenvalue weighted by molar-refractivity contribution is 7.14. The molecule has 2 aromatic heterocycles. The van der Waals surface area contributed by atoms with E-state index in [2.05, 4.69) is 4.98 Å². The van der Waals surface area contributed by atoms with Crippen molar-refractivity contribution < 1.29 is 9.52 Å². The molecule has 2 rings (SSSR count). The van der Waals surface area contributed by atoms with E-state index in [-0.39, 0.29) is 6.61 Å². The van der Waals surface area contributed by atoms with Gasteiger partial charge in [-0.2, -0.15) is 0 Å². The third kappa shape index (κ3) is 1.75. The van der Waals surface area contributed by atoms with Crippen molar-refractivity contribution in [2.75, 3.05) is 0 Å². The Morgan fingerprint density at radius 3 is 2.92 bits per heavy atom. The smallest absolute Gasteiger partial charge is 0.194 e. The molecule has 0 aromatic carbocycles. The van der Waals surface area contributed by atoms with E-state index in [1.165, 1.54) is 11.3 Å². The molecule has 0 saturated heterocycles. The van der Waals surface area contributed by atoms with E-state index >= 15 is 0 Å². The molecule has 2 heterocycles. The number of hydrogen-bond donors (Lipinski definition) is 1. The second kappa shape index (κ2) is 3.49. The molecule has 0 fully saturated rings. The zero-order chi connectivity index (χ0) is 9.26. The van der Waals surface area contributed by atoms with Crippen LogP contribution < -0.4 is 0 Å². The number of hydrogen-bond acceptors (Lipinski definition) is 4. The lowest BCUT2D eigenvalue weighted by Gasteiger charge is -1.86. The lowest BCUT2D eigenvalue weighted by atomic mass is 10.5. The first-order valence-corrected chi connectivity index (χ1v) is 4.80. The summed E-state index contributed by atoms with van der Waals surface area (Å²) in [7, 11) is 0. The molecule has 3 nitrogen and oxygen atoms in total. The molecule has 5 heteroatoms. The molecule has 0 saturated carbocycles. The van der Waals surface area contributed by atoms with E-state index in [1.807, 2.05) is 0 Å². The van der Waals surface area contributed by atoms with Gasteiger partial charge >= 0.3 is 0 Å². The van der Waals surface area contributed by atoms with E-state index in [0.717, 1.165) is 9.88 Å². The molecule has 68 valence electrons. The summed E-state index contributed by atoms with van der Waals surface area (Å²) in [6.45, 7) is 0.00606. The van der Waals surface area contributed by atoms with Gasteiger partial charge in [0.05, 0.1) is 11.5 Å². The molecule has 0 unspecified atom stereocenters. The molecule has 0 bridgehead atoms. The van der Waals surface area contributed by atoms with Crippen LogP contribution in [-0.2, 0) is 6.61 Å². The van der Waals surface area contributed by atoms with Crippen molar-refractivity contribution in [3.63, 3.8) is 0 Å². The fourth-order valence-corrected chi connectivity index (χ4v) is 1.80. The van der Waals surface area contributed by atoms with Gasteiger partial charge in [-0.3, -0.25) is 0 Å². The van der Waals surface area contributed by atoms with Gasteiger partial charge in [0.15, 0.2) is 16.0 Å². The highest BCUT2D eigenvalue weighted by Crippen LogP contribution is 2.28. The van der Waals surface area contributed by atoms with Crippen LogP contribution in [0, 0.1) is 0 Å². The monoisotopic (exact) mass is 215 g/mol. The third-order valence-corrected chi connectivity index (χ3v) is 2.69. The van der Waals surface area contributed by atoms with Crippen LogP contribution in [0.1, 0.15) is 4.88 Å². The first-order valence-electron chi connectivity index (χ1n) is 3.61. The van der Waals surface area contributed by atoms with Crippen molar-refractivity contribution in [2.24, 2.45) is 0 Å². The Kier molecular flexibility index (Phi) is 2.35. The van der Waals surface area contributed by atoms with Crippen molar-refractivity contribution in [2.45, 2.75) is 6.61 Å². The number of thiazole rings is 1. The van der Waals surface area contributed by atoms with Gasteiger partial charge in [0.1, 0.15) is 0 Å². The third-order valence-electron chi connectivity index (χ3n) is 1.49. The first kappa shape index (κ1) is 8.74. The molecular formula is C8H6ClNO2S. The maximum Gasteiger partial charge on any atom is 0.194 e. The molecule has 2 aromatic rings. The van der Waals surface area contributed by atoms with Gasteiger partial charge in [0.2, 0.25) is 0 Å². The molecule has 0 aliphatic heterocycles. The second-order valence-electron chi connectivity index (χ2n) is 2.39. The average Bonchev–Trinajstić information content (AvgIpc) is 2.71. The quantitative estimate of drug-likeness (QED) is 0.838. The van der Waals surface area contributed by atoms with E-state index in [4.69, 9.17) is 21.1 Å². The fourth-order valence-electron chi connectivity index (χ4n) is 0.924. The van der Waals surface area contributed by atoms with Gasteiger partial charge in [-0.05, 0) is 23.7 Å². The van der Waals surface area contributed by atoms with Gasteiger partial charge in [-0.25, -0.2) is 4.98 Å². The Labute approximate surface area is 83.6 Å². The summed E-state index contributed by atoms with van der Waals surface area (Å²) in [6, 6.07) is 3.42. The van der Waals surface area contributed by atoms with Crippen molar-refractivity contribution in [3.05, 3.63) is 28.4 Å². The lowest BCUT2D eigenvalue weighted by Crippen LogP contribution is -1.70. The van der Waals surface area contributed by atoms with Crippen LogP contribution in [0.5, 0.6) is 0 Å². The summed E-state index contributed by atoms with van der Waals surface area (Å²) >= 11 is 7.00. The van der Waals surface area contributed by atoms with Crippen molar-refractivity contribution in [1.82, 2.24) is 4.98 Å². The van der Waals surface area contributed by atoms with E-state index in [1.54, 1.807) is 18.3 Å². The van der Waals surface area contributed by atoms with E-state index in [0.29, 0.717) is 11.0 Å². The maximum atomic E-state index is 8.82. The number of rotatable bonds is 2. The summed E-state index contributed by atoms with van der Waals surface area (Å²) in [5.41, 5.74) is 0. The molecule has 0 amide bonds. The number of aliphatic hydroxyl groups excluding tert-OH is 1. The Balaban J connectivity index is 2.35. The second-order valence-corrected chi connectivity index (χ2v) is 3.88. The van der Waals surface area contributed by atoms with Crippen molar-refractivity contribution >= 4 is 22.9 Å². The molecule has 0 atom stereocenters. The van der Waals surface area contributed by atoms with Crippen LogP contribution in [0.4, 0.5) is 0 Å². The molecule has 1 N–H and O–H groups in total. The first-order chi connectivity index (χ1) is 6.29. The van der Waals surface area contributed by atoms with E-state index < -0.39 is 0 Å². The van der Waals surface area contributed by atoms with Gasteiger partial charge in [0.25, 0.3) is 0 Å². The molecule has 0 radical (unpaired) electrons. The predicted octanol–water partition coefficient (Wildman–Crippen LogP) is 2.55. The molecule has 13 heavy (non-hydrogen) atoms. The van der Waals surface area contributed by atoms with Crippen LogP contribution in [0.3, 0.4) is 0 Å². The zero-order valence-electron chi connectivity index (χ0n) is 6.53. The number of nitrogens with zero attached hydrogens (tertiary/aromatic N) is 1. The highest BCUT2D eigenvalue weighted by atomic mass is 35.5. The maximum absolute atomic E-state index is 8.82. The van der Waals surface area contributed by atoms with Gasteiger partial charge < -0.3 is 9.52 Å². The van der Waals surface area contributed by atoms with Crippen LogP contribution >= 0.6 is 22.9 Å². The van der Waals surface area contributed by atoms with Crippen LogP contribution in [-0.4, -0.2) is 10.1 Å². The summed E-state index contributed by atoms with van der Waals surface area (Å²) in [4.78, 5) is 4.88. The minimum Gasteiger partial charge on any atom is -0.442 e. The van der Waals surface area contributed by atoms with Crippen molar-refractivity contribution in [1.29, 1.82) is 0 Å². The van der Waals surface area contributed by atoms with E-state index in [9.17, 15) is 0 Å². The average molecular weight is 216 g/mol. The predicted molar refractivity (Wildman–Crippen MR) is 50.7 cm³/mol. The number of furan rings is 1. The largest absolute Gasteiger partial charge is 0.442 e. The zero-order valence-corrected chi connectivity index (χ0v) is 8.10. The fraction of sp³-hybridized carbons (Fsp3) is 0.125. The van der Waals surface area contributed by atoms with Gasteiger partial charge in [-0.15, -0.1) is 11.3 Å². The molecular weight excluding hydrogens is 210 g/mol. The Morgan fingerprint density at radius 2 is 2.38 bits per heavy atom. The Morgan fingerprint density at radius 1 is 1.54 bits per heavy atom. The Hall–Kier alpha value is -0.840. The van der Waals surface area contributed by atoms with Crippen molar-refractivity contribution in [3.8, 4) is 10.8 Å². The summed E-state index contributed by atoms with van der Waals surface area (Å²) < 4.78 is 5.16. The topological polar surface area (TPSA) is 46.3 Å². The Bertz CT molecular complexity index is 410.